The summed E-state index contributed by atoms with van der Waals surface area (Å²) < 4.78 is 3.34. The Balaban J connectivity index is 0.000000366. The molecule has 0 bridgehead atoms. The Morgan fingerprint density at radius 2 is 1.26 bits per heavy atom. The summed E-state index contributed by atoms with van der Waals surface area (Å²) in [5, 5.41) is 5.48. The minimum absolute atomic E-state index is 0.203. The summed E-state index contributed by atoms with van der Waals surface area (Å²) in [4.78, 5) is 0. The molecule has 0 amide bonds. The second-order valence-corrected chi connectivity index (χ2v) is 10.5. The van der Waals surface area contributed by atoms with Crippen LogP contribution in [0.3, 0.4) is 0 Å². The van der Waals surface area contributed by atoms with Gasteiger partial charge in [0.25, 0.3) is 0 Å². The largest absolute Gasteiger partial charge is 0.214 e. The van der Waals surface area contributed by atoms with Crippen LogP contribution >= 0.6 is 0 Å². The molecular weight excluding hydrogens is 488 g/mol. The minimum atomic E-state index is 0.203. The van der Waals surface area contributed by atoms with Gasteiger partial charge in [-0.25, -0.2) is 12.1 Å². The van der Waals surface area contributed by atoms with Gasteiger partial charge in [0.2, 0.25) is 0 Å². The molecule has 34 heavy (non-hydrogen) atoms. The monoisotopic (exact) mass is 529 g/mol. The van der Waals surface area contributed by atoms with Gasteiger partial charge in [-0.3, -0.25) is 0 Å². The Labute approximate surface area is 224 Å². The third-order valence-electron chi connectivity index (χ3n) is 5.65. The van der Waals surface area contributed by atoms with Gasteiger partial charge < -0.3 is 6.92 Å². The molecule has 0 nitrogen and oxygen atoms in total. The number of allylic oxidation sites excluding steroid dienone is 1. The molecule has 0 aliphatic rings. The molecule has 0 N–H and O–H groups in total. The quantitative estimate of drug-likeness (QED) is 0.140. The fourth-order valence-electron chi connectivity index (χ4n) is 3.56. The molecule has 0 saturated heterocycles. The first-order valence-electron chi connectivity index (χ1n) is 12.1. The number of fused-ring (bicyclic) bond motifs is 3. The van der Waals surface area contributed by atoms with Crippen LogP contribution in [-0.4, -0.2) is 4.21 Å². The zero-order chi connectivity index (χ0) is 25.8. The Morgan fingerprint density at radius 3 is 1.53 bits per heavy atom. The fraction of sp³-hybridized carbons (Fsp3) is 0.333. The standard InChI is InChI=1S/C21H25.C6H11.C5H5.CH2.Zr/c1-20(2,3)16-7-9-18-14(12-16)11-15-13-17(21(4,5)6)8-10-19(15)18;1-3-5-6-4-2;1-2-4-5-3-1;;/h7-13H,1-6H3;3H,1-2,4-6H2;1-5H;1H2;/q3*-1;;. The molecule has 0 fully saturated rings. The van der Waals surface area contributed by atoms with Crippen molar-refractivity contribution in [3.05, 3.63) is 104 Å². The van der Waals surface area contributed by atoms with Crippen LogP contribution in [0.2, 0.25) is 0 Å². The SMILES string of the molecule is C=CCCC[CH2-].CC(C)(C)c1ccc2c(c1)[cH-]c1cc(C(C)(C)C)ccc12.[CH2]=[Zr].c1cc[cH-]c1. The van der Waals surface area contributed by atoms with Crippen molar-refractivity contribution in [2.45, 2.75) is 71.6 Å². The second kappa shape index (κ2) is 14.5. The van der Waals surface area contributed by atoms with E-state index < -0.39 is 0 Å². The maximum atomic E-state index is 3.68. The van der Waals surface area contributed by atoms with E-state index in [1.165, 1.54) is 63.3 Å². The van der Waals surface area contributed by atoms with Crippen molar-refractivity contribution in [2.75, 3.05) is 0 Å². The third kappa shape index (κ3) is 9.42. The topological polar surface area (TPSA) is 0 Å². The Morgan fingerprint density at radius 1 is 0.824 bits per heavy atom. The van der Waals surface area contributed by atoms with Gasteiger partial charge in [-0.15, -0.1) is 46.3 Å². The fourth-order valence-corrected chi connectivity index (χ4v) is 3.56. The summed E-state index contributed by atoms with van der Waals surface area (Å²) in [5.74, 6) is 0. The average Bonchev–Trinajstić information content (AvgIpc) is 3.49. The van der Waals surface area contributed by atoms with Gasteiger partial charge in [0.15, 0.2) is 0 Å². The van der Waals surface area contributed by atoms with Crippen LogP contribution in [0.15, 0.2) is 85.5 Å². The number of rotatable bonds is 3. The van der Waals surface area contributed by atoms with Crippen LogP contribution in [0.4, 0.5) is 0 Å². The Bertz CT molecular complexity index is 1010. The first-order chi connectivity index (χ1) is 16.1. The van der Waals surface area contributed by atoms with E-state index in [0.29, 0.717) is 0 Å². The number of hydrogen-bond acceptors (Lipinski definition) is 0. The van der Waals surface area contributed by atoms with Gasteiger partial charge >= 0.3 is 28.4 Å². The Hall–Kier alpha value is -1.85. The number of benzene rings is 2. The van der Waals surface area contributed by atoms with Crippen molar-refractivity contribution >= 4 is 25.8 Å². The molecule has 0 heterocycles. The van der Waals surface area contributed by atoms with Crippen LogP contribution in [0.25, 0.3) is 21.5 Å². The smallest absolute Gasteiger partial charge is 0.172 e. The first-order valence-corrected chi connectivity index (χ1v) is 13.9. The van der Waals surface area contributed by atoms with Crippen molar-refractivity contribution in [3.8, 4) is 0 Å². The number of hydrogen-bond donors (Lipinski definition) is 0. The van der Waals surface area contributed by atoms with Crippen molar-refractivity contribution in [2.24, 2.45) is 0 Å². The van der Waals surface area contributed by atoms with E-state index in [-0.39, 0.29) is 10.8 Å². The molecular formula is C33H43Zr-3. The predicted octanol–water partition coefficient (Wildman–Crippen LogP) is 9.85. The van der Waals surface area contributed by atoms with Crippen LogP contribution in [0.5, 0.6) is 0 Å². The first kappa shape index (κ1) is 30.2. The molecule has 1 heteroatoms. The van der Waals surface area contributed by atoms with Crippen LogP contribution in [-0.2, 0) is 35.1 Å². The van der Waals surface area contributed by atoms with Crippen LogP contribution in [0.1, 0.15) is 71.9 Å². The molecule has 0 aliphatic heterocycles. The van der Waals surface area contributed by atoms with E-state index in [2.05, 4.69) is 102 Å². The molecule has 0 saturated carbocycles. The minimum Gasteiger partial charge on any atom is -0.214 e. The van der Waals surface area contributed by atoms with E-state index in [1.54, 1.807) is 0 Å². The van der Waals surface area contributed by atoms with Gasteiger partial charge in [-0.05, 0) is 17.3 Å². The van der Waals surface area contributed by atoms with Gasteiger partial charge in [-0.2, -0.15) is 24.6 Å². The molecule has 4 rings (SSSR count). The van der Waals surface area contributed by atoms with E-state index >= 15 is 0 Å². The Kier molecular flexibility index (Phi) is 12.9. The average molecular weight is 531 g/mol. The zero-order valence-corrected chi connectivity index (χ0v) is 24.7. The van der Waals surface area contributed by atoms with Crippen LogP contribution < -0.4 is 0 Å². The molecule has 0 atom stereocenters. The summed E-state index contributed by atoms with van der Waals surface area (Å²) in [5.41, 5.74) is 3.21. The molecule has 0 spiro atoms. The molecule has 4 aromatic carbocycles. The zero-order valence-electron chi connectivity index (χ0n) is 22.2. The third-order valence-corrected chi connectivity index (χ3v) is 5.65. The summed E-state index contributed by atoms with van der Waals surface area (Å²) in [7, 11) is 0. The van der Waals surface area contributed by atoms with Crippen molar-refractivity contribution < 1.29 is 24.2 Å². The van der Waals surface area contributed by atoms with E-state index in [0.717, 1.165) is 12.8 Å². The summed E-state index contributed by atoms with van der Waals surface area (Å²) in [6.45, 7) is 20.9. The second-order valence-electron chi connectivity index (χ2n) is 10.5. The number of unbranched alkanes of at least 4 members (excludes halogenated alkanes) is 2. The van der Waals surface area contributed by atoms with E-state index in [1.807, 2.05) is 36.4 Å². The van der Waals surface area contributed by atoms with Crippen molar-refractivity contribution in [1.82, 2.24) is 0 Å². The van der Waals surface area contributed by atoms with Gasteiger partial charge in [0.1, 0.15) is 0 Å². The molecule has 0 radical (unpaired) electrons. The van der Waals surface area contributed by atoms with Crippen LogP contribution in [0, 0.1) is 6.92 Å². The summed E-state index contributed by atoms with van der Waals surface area (Å²) in [6, 6.07) is 26.2. The van der Waals surface area contributed by atoms with Crippen molar-refractivity contribution in [1.29, 1.82) is 0 Å². The maximum absolute atomic E-state index is 3.68. The van der Waals surface area contributed by atoms with Gasteiger partial charge in [0, 0.05) is 0 Å². The molecule has 4 aromatic rings. The maximum Gasteiger partial charge on any atom is -0.172 e. The molecule has 0 unspecified atom stereocenters. The predicted molar refractivity (Wildman–Crippen MR) is 153 cm³/mol. The van der Waals surface area contributed by atoms with E-state index in [9.17, 15) is 0 Å². The van der Waals surface area contributed by atoms with Crippen molar-refractivity contribution in [3.63, 3.8) is 0 Å². The van der Waals surface area contributed by atoms with Gasteiger partial charge in [-0.1, -0.05) is 89.4 Å². The summed E-state index contributed by atoms with van der Waals surface area (Å²) >= 11 is 1.30. The molecule has 0 aliphatic carbocycles. The molecule has 182 valence electrons. The normalized spacial score (nSPS) is 10.9. The molecule has 0 aromatic heterocycles. The van der Waals surface area contributed by atoms with Gasteiger partial charge in [0.05, 0.1) is 0 Å². The summed E-state index contributed by atoms with van der Waals surface area (Å²) in [6.07, 6.45) is 5.25. The van der Waals surface area contributed by atoms with E-state index in [4.69, 9.17) is 0 Å².